The molecular weight excluding hydrogens is 308 g/mol. The molecule has 0 N–H and O–H groups in total. The van der Waals surface area contributed by atoms with E-state index >= 15 is 0 Å². The van der Waals surface area contributed by atoms with Crippen LogP contribution in [0.15, 0.2) is 24.3 Å². The fourth-order valence-electron chi connectivity index (χ4n) is 2.78. The average Bonchev–Trinajstić information content (AvgIpc) is 2.83. The number of hydrogen-bond acceptors (Lipinski definition) is 5. The van der Waals surface area contributed by atoms with E-state index in [2.05, 4.69) is 4.74 Å². The van der Waals surface area contributed by atoms with E-state index in [4.69, 9.17) is 4.74 Å². The predicted molar refractivity (Wildman–Crippen MR) is 86.5 cm³/mol. The zero-order valence-electron chi connectivity index (χ0n) is 13.9. The van der Waals surface area contributed by atoms with Crippen molar-refractivity contribution < 1.29 is 23.9 Å². The molecule has 0 amide bonds. The lowest BCUT2D eigenvalue weighted by molar-refractivity contribution is 0.0443. The van der Waals surface area contributed by atoms with Gasteiger partial charge in [-0.3, -0.25) is 0 Å². The second-order valence-corrected chi connectivity index (χ2v) is 5.92. The highest BCUT2D eigenvalue weighted by atomic mass is 16.6. The Morgan fingerprint density at radius 3 is 2.25 bits per heavy atom. The third kappa shape index (κ3) is 2.48. The normalized spacial score (nSPS) is 12.8. The fraction of sp³-hybridized carbons (Fsp3) is 0.211. The summed E-state index contributed by atoms with van der Waals surface area (Å²) in [4.78, 5) is 35.5. The molecule has 0 bridgehead atoms. The van der Waals surface area contributed by atoms with Crippen LogP contribution in [0.4, 0.5) is 0 Å². The summed E-state index contributed by atoms with van der Waals surface area (Å²) in [5.41, 5.74) is 4.39. The lowest BCUT2D eigenvalue weighted by Crippen LogP contribution is -2.12. The highest BCUT2D eigenvalue weighted by molar-refractivity contribution is 6.15. The fourth-order valence-corrected chi connectivity index (χ4v) is 2.78. The van der Waals surface area contributed by atoms with Gasteiger partial charge in [0.1, 0.15) is 5.75 Å². The molecule has 24 heavy (non-hydrogen) atoms. The number of esters is 3. The van der Waals surface area contributed by atoms with Crippen LogP contribution >= 0.6 is 0 Å². The number of carbonyl (C=O) groups excluding carboxylic acids is 3. The second-order valence-electron chi connectivity index (χ2n) is 5.92. The van der Waals surface area contributed by atoms with Crippen molar-refractivity contribution in [2.75, 3.05) is 0 Å². The zero-order valence-corrected chi connectivity index (χ0v) is 13.9. The van der Waals surface area contributed by atoms with E-state index in [1.54, 1.807) is 0 Å². The van der Waals surface area contributed by atoms with Gasteiger partial charge in [0, 0.05) is 0 Å². The van der Waals surface area contributed by atoms with Gasteiger partial charge in [-0.05, 0) is 68.1 Å². The maximum atomic E-state index is 12.4. The van der Waals surface area contributed by atoms with E-state index < -0.39 is 17.9 Å². The average molecular weight is 324 g/mol. The first kappa shape index (κ1) is 15.9. The van der Waals surface area contributed by atoms with Crippen molar-refractivity contribution in [1.82, 2.24) is 0 Å². The number of ether oxygens (including phenoxy) is 2. The number of carbonyl (C=O) groups is 3. The number of fused-ring (bicyclic) bond motifs is 1. The van der Waals surface area contributed by atoms with Crippen LogP contribution < -0.4 is 4.74 Å². The molecule has 5 heteroatoms. The van der Waals surface area contributed by atoms with Gasteiger partial charge in [-0.2, -0.15) is 0 Å². The highest BCUT2D eigenvalue weighted by Gasteiger charge is 2.30. The molecule has 0 radical (unpaired) electrons. The Morgan fingerprint density at radius 2 is 1.54 bits per heavy atom. The summed E-state index contributed by atoms with van der Waals surface area (Å²) >= 11 is 0. The van der Waals surface area contributed by atoms with Crippen LogP contribution in [-0.2, 0) is 4.74 Å². The van der Waals surface area contributed by atoms with Gasteiger partial charge in [-0.25, -0.2) is 14.4 Å². The molecule has 1 heterocycles. The van der Waals surface area contributed by atoms with E-state index in [1.165, 1.54) is 18.2 Å². The smallest absolute Gasteiger partial charge is 0.346 e. The molecule has 0 atom stereocenters. The van der Waals surface area contributed by atoms with Crippen LogP contribution in [0.5, 0.6) is 5.75 Å². The van der Waals surface area contributed by atoms with Gasteiger partial charge in [0.25, 0.3) is 0 Å². The van der Waals surface area contributed by atoms with Gasteiger partial charge in [0.2, 0.25) is 0 Å². The van der Waals surface area contributed by atoms with E-state index in [0.717, 1.165) is 22.3 Å². The third-order valence-electron chi connectivity index (χ3n) is 4.36. The minimum atomic E-state index is -0.747. The maximum Gasteiger partial charge on any atom is 0.346 e. The standard InChI is InChI=1S/C19H16O5/c1-9-7-10(2)16(12(4)11(9)3)23-17(20)13-5-6-14-15(8-13)19(22)24-18(14)21/h5-8H,1-4H3. The Hall–Kier alpha value is -2.95. The molecule has 0 saturated carbocycles. The van der Waals surface area contributed by atoms with Crippen LogP contribution in [0.25, 0.3) is 0 Å². The molecule has 3 rings (SSSR count). The molecule has 122 valence electrons. The van der Waals surface area contributed by atoms with Crippen molar-refractivity contribution in [3.05, 3.63) is 63.2 Å². The maximum absolute atomic E-state index is 12.4. The summed E-state index contributed by atoms with van der Waals surface area (Å²) in [5, 5.41) is 0. The molecule has 0 spiro atoms. The van der Waals surface area contributed by atoms with Crippen LogP contribution in [0.3, 0.4) is 0 Å². The molecule has 2 aromatic carbocycles. The quantitative estimate of drug-likeness (QED) is 0.481. The molecule has 2 aromatic rings. The minimum absolute atomic E-state index is 0.0861. The number of hydrogen-bond donors (Lipinski definition) is 0. The minimum Gasteiger partial charge on any atom is -0.422 e. The summed E-state index contributed by atoms with van der Waals surface area (Å²) < 4.78 is 10.1. The Balaban J connectivity index is 1.95. The Bertz CT molecular complexity index is 908. The van der Waals surface area contributed by atoms with Crippen molar-refractivity contribution in [1.29, 1.82) is 0 Å². The van der Waals surface area contributed by atoms with E-state index in [0.29, 0.717) is 5.75 Å². The van der Waals surface area contributed by atoms with Crippen LogP contribution in [0.1, 0.15) is 53.3 Å². The van der Waals surface area contributed by atoms with Gasteiger partial charge >= 0.3 is 17.9 Å². The van der Waals surface area contributed by atoms with Crippen LogP contribution in [0.2, 0.25) is 0 Å². The molecule has 0 aromatic heterocycles. The Morgan fingerprint density at radius 1 is 0.875 bits per heavy atom. The van der Waals surface area contributed by atoms with Crippen molar-refractivity contribution in [2.45, 2.75) is 27.7 Å². The summed E-state index contributed by atoms with van der Waals surface area (Å²) in [6, 6.07) is 6.15. The molecule has 1 aliphatic heterocycles. The summed E-state index contributed by atoms with van der Waals surface area (Å²) in [6.07, 6.45) is 0. The van der Waals surface area contributed by atoms with Crippen LogP contribution in [-0.4, -0.2) is 17.9 Å². The van der Waals surface area contributed by atoms with Gasteiger partial charge in [-0.15, -0.1) is 0 Å². The molecule has 0 saturated heterocycles. The highest BCUT2D eigenvalue weighted by Crippen LogP contribution is 2.29. The molecule has 0 fully saturated rings. The van der Waals surface area contributed by atoms with Gasteiger partial charge in [-0.1, -0.05) is 6.07 Å². The first-order chi connectivity index (χ1) is 11.3. The number of aryl methyl sites for hydroxylation is 2. The predicted octanol–water partition coefficient (Wildman–Crippen LogP) is 3.45. The summed E-state index contributed by atoms with van der Waals surface area (Å²) in [6.45, 7) is 7.75. The number of benzene rings is 2. The van der Waals surface area contributed by atoms with Gasteiger partial charge < -0.3 is 9.47 Å². The largest absolute Gasteiger partial charge is 0.422 e. The lowest BCUT2D eigenvalue weighted by Gasteiger charge is -2.15. The van der Waals surface area contributed by atoms with E-state index in [9.17, 15) is 14.4 Å². The Labute approximate surface area is 139 Å². The molecule has 0 aliphatic carbocycles. The first-order valence-corrected chi connectivity index (χ1v) is 7.49. The lowest BCUT2D eigenvalue weighted by atomic mass is 9.99. The van der Waals surface area contributed by atoms with Crippen molar-refractivity contribution in [3.63, 3.8) is 0 Å². The topological polar surface area (TPSA) is 69.7 Å². The first-order valence-electron chi connectivity index (χ1n) is 7.49. The summed E-state index contributed by atoms with van der Waals surface area (Å²) in [5.74, 6) is -1.51. The SMILES string of the molecule is Cc1cc(C)c(OC(=O)c2ccc3c(c2)C(=O)OC3=O)c(C)c1C. The van der Waals surface area contributed by atoms with Gasteiger partial charge in [0.05, 0.1) is 16.7 Å². The third-order valence-corrected chi connectivity index (χ3v) is 4.36. The molecule has 5 nitrogen and oxygen atoms in total. The monoisotopic (exact) mass is 324 g/mol. The van der Waals surface area contributed by atoms with Crippen LogP contribution in [0, 0.1) is 27.7 Å². The molecular formula is C19H16O5. The number of cyclic esters (lactones) is 2. The molecule has 0 unspecified atom stereocenters. The van der Waals surface area contributed by atoms with Crippen molar-refractivity contribution in [3.8, 4) is 5.75 Å². The molecule has 1 aliphatic rings. The summed E-state index contributed by atoms with van der Waals surface area (Å²) in [7, 11) is 0. The van der Waals surface area contributed by atoms with Crippen molar-refractivity contribution >= 4 is 17.9 Å². The van der Waals surface area contributed by atoms with Gasteiger partial charge in [0.15, 0.2) is 0 Å². The Kier molecular flexibility index (Phi) is 3.72. The second kappa shape index (κ2) is 5.60. The van der Waals surface area contributed by atoms with Crippen molar-refractivity contribution in [2.24, 2.45) is 0 Å². The number of rotatable bonds is 2. The van der Waals surface area contributed by atoms with E-state index in [1.807, 2.05) is 33.8 Å². The van der Waals surface area contributed by atoms with E-state index in [-0.39, 0.29) is 16.7 Å². The zero-order chi connectivity index (χ0) is 17.6.